The summed E-state index contributed by atoms with van der Waals surface area (Å²) in [5.41, 5.74) is 0. The van der Waals surface area contributed by atoms with Crippen molar-refractivity contribution < 1.29 is 0 Å². The van der Waals surface area contributed by atoms with Crippen molar-refractivity contribution in [3.05, 3.63) is 0 Å². The second kappa shape index (κ2) is 4.51. The molecule has 3 heteroatoms. The average molecular weight is 206 g/mol. The van der Waals surface area contributed by atoms with E-state index in [2.05, 4.69) is 27.9 Å². The molecule has 4 heavy (non-hydrogen) atoms. The Bertz CT molecular complexity index is 10.0. The van der Waals surface area contributed by atoms with Crippen LogP contribution in [0.4, 0.5) is 0 Å². The van der Waals surface area contributed by atoms with E-state index >= 15 is 0 Å². The van der Waals surface area contributed by atoms with Crippen LogP contribution in [0.2, 0.25) is 0 Å². The molecule has 0 fully saturated rings. The van der Waals surface area contributed by atoms with E-state index in [-0.39, 0.29) is 0 Å². The summed E-state index contributed by atoms with van der Waals surface area (Å²) < 4.78 is 0. The van der Waals surface area contributed by atoms with Crippen molar-refractivity contribution in [2.24, 2.45) is 0 Å². The highest BCUT2D eigenvalue weighted by Crippen LogP contribution is 2.31. The van der Waals surface area contributed by atoms with Gasteiger partial charge in [-0.2, -0.15) is 0 Å². The highest BCUT2D eigenvalue weighted by molar-refractivity contribution is 14.2. The van der Waals surface area contributed by atoms with Gasteiger partial charge in [-0.1, -0.05) is 16.3 Å². The fraction of sp³-hybridized carbons (Fsp3) is 1.00. The van der Waals surface area contributed by atoms with E-state index < -0.39 is 0 Å². The Morgan fingerprint density at radius 2 is 2.25 bits per heavy atom. The molecule has 0 aliphatic heterocycles. The van der Waals surface area contributed by atoms with Crippen molar-refractivity contribution in [3.63, 3.8) is 0 Å². The first kappa shape index (κ1) is 5.51. The third-order valence-electron chi connectivity index (χ3n) is 0.0772. The third kappa shape index (κ3) is 3.51. The Hall–Kier alpha value is 1.51. The molecular formula is CH4IPS. The highest BCUT2D eigenvalue weighted by Gasteiger charge is 1.57. The van der Waals surface area contributed by atoms with Gasteiger partial charge in [0, 0.05) is 21.2 Å². The van der Waals surface area contributed by atoms with Gasteiger partial charge in [0.25, 0.3) is 0 Å². The van der Waals surface area contributed by atoms with E-state index in [1.54, 1.807) is 0 Å². The molecule has 0 aliphatic rings. The molecule has 0 spiro atoms. The summed E-state index contributed by atoms with van der Waals surface area (Å²) in [5, 5.41) is 0. The van der Waals surface area contributed by atoms with Crippen LogP contribution in [0.15, 0.2) is 0 Å². The standard InChI is InChI=1S/CH4IPS/c1-3-4-2/h3H,1H3. The highest BCUT2D eigenvalue weighted by atomic mass is 127. The molecule has 0 aromatic rings. The Balaban J connectivity index is 1.97. The van der Waals surface area contributed by atoms with Gasteiger partial charge in [0.05, 0.1) is 0 Å². The molecule has 1 unspecified atom stereocenters. The lowest BCUT2D eigenvalue weighted by Crippen LogP contribution is -1.09. The first-order chi connectivity index (χ1) is 1.91. The third-order valence-corrected chi connectivity index (χ3v) is 4.66. The average Bonchev–Trinajstić information content (AvgIpc) is 1.37. The van der Waals surface area contributed by atoms with E-state index in [1.807, 2.05) is 8.55 Å². The van der Waals surface area contributed by atoms with E-state index in [1.165, 1.54) is 0 Å². The summed E-state index contributed by atoms with van der Waals surface area (Å²) in [5.74, 6) is 0. The lowest BCUT2D eigenvalue weighted by atomic mass is 12.0. The maximum absolute atomic E-state index is 2.28. The van der Waals surface area contributed by atoms with Gasteiger partial charge in [-0.25, -0.2) is 0 Å². The molecule has 0 N–H and O–H groups in total. The normalized spacial score (nSPS) is 10.5. The molecule has 0 nitrogen and oxygen atoms in total. The van der Waals surface area contributed by atoms with Gasteiger partial charge >= 0.3 is 0 Å². The number of halogens is 1. The minimum absolute atomic E-state index is 1.04. The fourth-order valence-corrected chi connectivity index (χ4v) is 0. The van der Waals surface area contributed by atoms with E-state index in [9.17, 15) is 0 Å². The quantitative estimate of drug-likeness (QED) is 0.468. The van der Waals surface area contributed by atoms with Gasteiger partial charge in [0.1, 0.15) is 0 Å². The first-order valence-electron chi connectivity index (χ1n) is 0.858. The summed E-state index contributed by atoms with van der Waals surface area (Å²) in [6, 6.07) is 0. The molecule has 0 heterocycles. The van der Waals surface area contributed by atoms with E-state index in [0.717, 1.165) is 7.78 Å². The zero-order chi connectivity index (χ0) is 3.41. The van der Waals surface area contributed by atoms with Gasteiger partial charge < -0.3 is 0 Å². The molecule has 0 bridgehead atoms. The molecule has 0 radical (unpaired) electrons. The second-order valence-electron chi connectivity index (χ2n) is 0.281. The van der Waals surface area contributed by atoms with Gasteiger partial charge in [-0.15, -0.1) is 0 Å². The van der Waals surface area contributed by atoms with Crippen LogP contribution >= 0.6 is 37.5 Å². The molecule has 1 atom stereocenters. The van der Waals surface area contributed by atoms with Crippen LogP contribution in [0.25, 0.3) is 0 Å². The van der Waals surface area contributed by atoms with Crippen molar-refractivity contribution in [1.29, 1.82) is 0 Å². The first-order valence-corrected chi connectivity index (χ1v) is 6.44. The maximum Gasteiger partial charge on any atom is 0.000450 e. The molecule has 0 aromatic heterocycles. The lowest BCUT2D eigenvalue weighted by molar-refractivity contribution is 2.52. The van der Waals surface area contributed by atoms with Crippen LogP contribution in [-0.4, -0.2) is 6.66 Å². The van der Waals surface area contributed by atoms with E-state index in [4.69, 9.17) is 0 Å². The number of hydrogen-bond donors (Lipinski definition) is 0. The van der Waals surface area contributed by atoms with Crippen molar-refractivity contribution >= 4 is 37.5 Å². The van der Waals surface area contributed by atoms with E-state index in [0.29, 0.717) is 0 Å². The minimum atomic E-state index is 1.04. The molecule has 0 aliphatic carbocycles. The van der Waals surface area contributed by atoms with Crippen LogP contribution in [0.5, 0.6) is 0 Å². The zero-order valence-electron chi connectivity index (χ0n) is 2.29. The van der Waals surface area contributed by atoms with Crippen molar-refractivity contribution in [2.45, 2.75) is 0 Å². The summed E-state index contributed by atoms with van der Waals surface area (Å²) in [6.45, 7) is 2.16. The van der Waals surface area contributed by atoms with Gasteiger partial charge in [-0.05, 0) is 6.66 Å². The molecule has 0 amide bonds. The number of hydrogen-bond acceptors (Lipinski definition) is 1. The predicted octanol–water partition coefficient (Wildman–Crippen LogP) is 2.29. The van der Waals surface area contributed by atoms with Crippen LogP contribution in [0.3, 0.4) is 0 Å². The monoisotopic (exact) mass is 206 g/mol. The van der Waals surface area contributed by atoms with Crippen molar-refractivity contribution in [3.8, 4) is 0 Å². The molecule has 26 valence electrons. The zero-order valence-corrected chi connectivity index (χ0v) is 6.26. The Morgan fingerprint density at radius 3 is 2.25 bits per heavy atom. The smallest absolute Gasteiger partial charge is 0.000450 e. The summed E-state index contributed by atoms with van der Waals surface area (Å²) in [7, 11) is 2.90. The van der Waals surface area contributed by atoms with Gasteiger partial charge in [-0.3, -0.25) is 0 Å². The van der Waals surface area contributed by atoms with Gasteiger partial charge in [0.15, 0.2) is 0 Å². The second-order valence-corrected chi connectivity index (χ2v) is 6.50. The maximum atomic E-state index is 2.28. The summed E-state index contributed by atoms with van der Waals surface area (Å²) in [6.07, 6.45) is 0. The largest absolute Gasteiger partial charge is 0.0657 e. The summed E-state index contributed by atoms with van der Waals surface area (Å²) >= 11 is 2.28. The van der Waals surface area contributed by atoms with Crippen molar-refractivity contribution in [2.75, 3.05) is 6.66 Å². The Kier molecular flexibility index (Phi) is 6.21. The van der Waals surface area contributed by atoms with Crippen LogP contribution in [-0.2, 0) is 0 Å². The molecule has 0 saturated carbocycles. The molecular weight excluding hydrogens is 202 g/mol. The van der Waals surface area contributed by atoms with Crippen LogP contribution in [0, 0.1) is 0 Å². The fourth-order valence-electron chi connectivity index (χ4n) is 0. The number of rotatable bonds is 1. The summed E-state index contributed by atoms with van der Waals surface area (Å²) in [4.78, 5) is 0. The molecule has 0 aromatic carbocycles. The van der Waals surface area contributed by atoms with Gasteiger partial charge in [0.2, 0.25) is 0 Å². The minimum Gasteiger partial charge on any atom is -0.0657 e. The predicted molar refractivity (Wildman–Crippen MR) is 35.9 cm³/mol. The lowest BCUT2D eigenvalue weighted by Gasteiger charge is -1.67. The topological polar surface area (TPSA) is 0 Å². The Morgan fingerprint density at radius 1 is 2.00 bits per heavy atom. The Labute approximate surface area is 44.2 Å². The molecule has 0 saturated heterocycles. The van der Waals surface area contributed by atoms with Crippen LogP contribution in [0.1, 0.15) is 0 Å². The molecule has 0 rings (SSSR count). The SMILES string of the molecule is CPSI. The van der Waals surface area contributed by atoms with Crippen LogP contribution < -0.4 is 0 Å². The van der Waals surface area contributed by atoms with Crippen molar-refractivity contribution in [1.82, 2.24) is 0 Å².